The van der Waals surface area contributed by atoms with Crippen molar-refractivity contribution in [1.82, 2.24) is 0 Å². The van der Waals surface area contributed by atoms with Crippen LogP contribution >= 0.6 is 0 Å². The fraction of sp³-hybridized carbons (Fsp3) is 0.500. The highest BCUT2D eigenvalue weighted by molar-refractivity contribution is 5.89. The summed E-state index contributed by atoms with van der Waals surface area (Å²) in [5.74, 6) is 0.681. The third kappa shape index (κ3) is 3.61. The zero-order valence-corrected chi connectivity index (χ0v) is 11.4. The summed E-state index contributed by atoms with van der Waals surface area (Å²) < 4.78 is 10.4. The fourth-order valence-electron chi connectivity index (χ4n) is 1.90. The Morgan fingerprint density at radius 2 is 2.15 bits per heavy atom. The number of aliphatic hydroxyl groups is 2. The van der Waals surface area contributed by atoms with Crippen molar-refractivity contribution in [2.24, 2.45) is 0 Å². The van der Waals surface area contributed by atoms with Crippen molar-refractivity contribution in [1.29, 1.82) is 0 Å². The number of carbonyl (C=O) groups excluding carboxylic acids is 1. The molecule has 1 aliphatic rings. The van der Waals surface area contributed by atoms with E-state index in [-0.39, 0.29) is 12.7 Å². The van der Waals surface area contributed by atoms with Crippen molar-refractivity contribution >= 4 is 11.8 Å². The first-order valence-electron chi connectivity index (χ1n) is 6.60. The lowest BCUT2D eigenvalue weighted by molar-refractivity contribution is 0.0963. The molecule has 1 aromatic carbocycles. The van der Waals surface area contributed by atoms with Gasteiger partial charge in [0, 0.05) is 12.1 Å². The van der Waals surface area contributed by atoms with Crippen LogP contribution in [0.2, 0.25) is 0 Å². The highest BCUT2D eigenvalue weighted by atomic mass is 16.6. The Morgan fingerprint density at radius 3 is 2.70 bits per heavy atom. The molecule has 6 nitrogen and oxygen atoms in total. The first-order chi connectivity index (χ1) is 9.60. The SMILES string of the molecule is C[C@H](O)CCOc1ccc(N2C[C@H](CO)OC2=O)cc1. The van der Waals surface area contributed by atoms with Gasteiger partial charge in [0.2, 0.25) is 0 Å². The maximum Gasteiger partial charge on any atom is 0.414 e. The molecule has 1 aliphatic heterocycles. The molecule has 0 aromatic heterocycles. The maximum absolute atomic E-state index is 11.6. The molecule has 1 aromatic rings. The Kier molecular flexibility index (Phi) is 4.81. The number of amides is 1. The second kappa shape index (κ2) is 6.58. The standard InChI is InChI=1S/C14H19NO5/c1-10(17)6-7-19-12-4-2-11(3-5-12)15-8-13(9-16)20-14(15)18/h2-5,10,13,16-17H,6-9H2,1H3/t10-,13+/m0/s1. The van der Waals surface area contributed by atoms with Crippen LogP contribution in [0.3, 0.4) is 0 Å². The molecule has 1 fully saturated rings. The van der Waals surface area contributed by atoms with Crippen molar-refractivity contribution in [2.45, 2.75) is 25.6 Å². The molecule has 1 saturated heterocycles. The van der Waals surface area contributed by atoms with Gasteiger partial charge < -0.3 is 19.7 Å². The molecule has 1 amide bonds. The third-order valence-electron chi connectivity index (χ3n) is 3.03. The summed E-state index contributed by atoms with van der Waals surface area (Å²) >= 11 is 0. The first kappa shape index (κ1) is 14.6. The second-order valence-electron chi connectivity index (χ2n) is 4.78. The highest BCUT2D eigenvalue weighted by Gasteiger charge is 2.31. The lowest BCUT2D eigenvalue weighted by Gasteiger charge is -2.14. The number of nitrogens with zero attached hydrogens (tertiary/aromatic N) is 1. The number of ether oxygens (including phenoxy) is 2. The van der Waals surface area contributed by atoms with Crippen LogP contribution in [0.4, 0.5) is 10.5 Å². The number of rotatable bonds is 6. The van der Waals surface area contributed by atoms with Crippen LogP contribution in [0.1, 0.15) is 13.3 Å². The molecule has 20 heavy (non-hydrogen) atoms. The summed E-state index contributed by atoms with van der Waals surface area (Å²) in [6, 6.07) is 7.05. The van der Waals surface area contributed by atoms with Gasteiger partial charge >= 0.3 is 6.09 Å². The molecular weight excluding hydrogens is 262 g/mol. The summed E-state index contributed by atoms with van der Waals surface area (Å²) in [4.78, 5) is 13.1. The molecule has 0 spiro atoms. The van der Waals surface area contributed by atoms with E-state index in [4.69, 9.17) is 19.7 Å². The number of hydrogen-bond donors (Lipinski definition) is 2. The molecule has 0 saturated carbocycles. The van der Waals surface area contributed by atoms with E-state index in [1.165, 1.54) is 4.90 Å². The molecule has 6 heteroatoms. The summed E-state index contributed by atoms with van der Waals surface area (Å²) in [7, 11) is 0. The van der Waals surface area contributed by atoms with Gasteiger partial charge in [0.25, 0.3) is 0 Å². The van der Waals surface area contributed by atoms with Crippen LogP contribution in [0.25, 0.3) is 0 Å². The van der Waals surface area contributed by atoms with E-state index in [0.29, 0.717) is 31.0 Å². The van der Waals surface area contributed by atoms with Crippen LogP contribution in [0, 0.1) is 0 Å². The Balaban J connectivity index is 1.93. The van der Waals surface area contributed by atoms with Crippen molar-refractivity contribution in [2.75, 3.05) is 24.7 Å². The van der Waals surface area contributed by atoms with Crippen molar-refractivity contribution in [3.8, 4) is 5.75 Å². The monoisotopic (exact) mass is 281 g/mol. The lowest BCUT2D eigenvalue weighted by atomic mass is 10.2. The van der Waals surface area contributed by atoms with Gasteiger partial charge in [0.15, 0.2) is 0 Å². The fourth-order valence-corrected chi connectivity index (χ4v) is 1.90. The lowest BCUT2D eigenvalue weighted by Crippen LogP contribution is -2.25. The van der Waals surface area contributed by atoms with Crippen LogP contribution in [-0.2, 0) is 4.74 Å². The summed E-state index contributed by atoms with van der Waals surface area (Å²) in [5.41, 5.74) is 0.703. The van der Waals surface area contributed by atoms with E-state index < -0.39 is 12.2 Å². The van der Waals surface area contributed by atoms with Gasteiger partial charge in [0.1, 0.15) is 11.9 Å². The Bertz CT molecular complexity index is 445. The van der Waals surface area contributed by atoms with E-state index >= 15 is 0 Å². The summed E-state index contributed by atoms with van der Waals surface area (Å²) in [6.45, 7) is 2.32. The quantitative estimate of drug-likeness (QED) is 0.818. The van der Waals surface area contributed by atoms with Crippen LogP contribution in [-0.4, -0.2) is 48.3 Å². The second-order valence-corrected chi connectivity index (χ2v) is 4.78. The molecule has 2 N–H and O–H groups in total. The summed E-state index contributed by atoms with van der Waals surface area (Å²) in [6.07, 6.45) is -0.737. The van der Waals surface area contributed by atoms with Crippen LogP contribution < -0.4 is 9.64 Å². The first-order valence-corrected chi connectivity index (χ1v) is 6.60. The molecule has 0 radical (unpaired) electrons. The van der Waals surface area contributed by atoms with Gasteiger partial charge in [-0.25, -0.2) is 4.79 Å². The predicted octanol–water partition coefficient (Wildman–Crippen LogP) is 1.15. The number of anilines is 1. The molecular formula is C14H19NO5. The van der Waals surface area contributed by atoms with E-state index in [1.807, 2.05) is 0 Å². The molecule has 2 atom stereocenters. The molecule has 0 unspecified atom stereocenters. The highest BCUT2D eigenvalue weighted by Crippen LogP contribution is 2.24. The van der Waals surface area contributed by atoms with E-state index in [9.17, 15) is 4.79 Å². The van der Waals surface area contributed by atoms with Gasteiger partial charge in [-0.15, -0.1) is 0 Å². The van der Waals surface area contributed by atoms with Crippen LogP contribution in [0.5, 0.6) is 5.75 Å². The van der Waals surface area contributed by atoms with Crippen LogP contribution in [0.15, 0.2) is 24.3 Å². The van der Waals surface area contributed by atoms with Crippen molar-refractivity contribution in [3.63, 3.8) is 0 Å². The normalized spacial score (nSPS) is 19.9. The topological polar surface area (TPSA) is 79.2 Å². The Morgan fingerprint density at radius 1 is 1.45 bits per heavy atom. The van der Waals surface area contributed by atoms with E-state index in [0.717, 1.165) is 0 Å². The number of benzene rings is 1. The minimum Gasteiger partial charge on any atom is -0.493 e. The van der Waals surface area contributed by atoms with E-state index in [1.54, 1.807) is 31.2 Å². The van der Waals surface area contributed by atoms with E-state index in [2.05, 4.69) is 0 Å². The van der Waals surface area contributed by atoms with Gasteiger partial charge in [-0.2, -0.15) is 0 Å². The Labute approximate surface area is 117 Å². The zero-order chi connectivity index (χ0) is 14.5. The molecule has 1 heterocycles. The predicted molar refractivity (Wildman–Crippen MR) is 72.9 cm³/mol. The zero-order valence-electron chi connectivity index (χ0n) is 11.4. The average Bonchev–Trinajstić information content (AvgIpc) is 2.80. The molecule has 110 valence electrons. The van der Waals surface area contributed by atoms with Crippen molar-refractivity contribution in [3.05, 3.63) is 24.3 Å². The van der Waals surface area contributed by atoms with Gasteiger partial charge in [-0.1, -0.05) is 0 Å². The minimum atomic E-state index is -0.468. The number of aliphatic hydroxyl groups excluding tert-OH is 2. The number of carbonyl (C=O) groups is 1. The van der Waals surface area contributed by atoms with Gasteiger partial charge in [-0.3, -0.25) is 4.90 Å². The molecule has 2 rings (SSSR count). The largest absolute Gasteiger partial charge is 0.493 e. The van der Waals surface area contributed by atoms with Gasteiger partial charge in [0.05, 0.1) is 25.9 Å². The maximum atomic E-state index is 11.6. The van der Waals surface area contributed by atoms with Crippen molar-refractivity contribution < 1.29 is 24.5 Å². The molecule has 0 aliphatic carbocycles. The summed E-state index contributed by atoms with van der Waals surface area (Å²) in [5, 5.41) is 18.1. The molecule has 0 bridgehead atoms. The number of cyclic esters (lactones) is 1. The van der Waals surface area contributed by atoms with Gasteiger partial charge in [-0.05, 0) is 31.2 Å². The third-order valence-corrected chi connectivity index (χ3v) is 3.03. The number of hydrogen-bond acceptors (Lipinski definition) is 5. The minimum absolute atomic E-state index is 0.178. The Hall–Kier alpha value is -1.79. The average molecular weight is 281 g/mol. The smallest absolute Gasteiger partial charge is 0.414 e.